The smallest absolute Gasteiger partial charge is 0.289 e. The molecule has 1 saturated heterocycles. The van der Waals surface area contributed by atoms with Crippen molar-refractivity contribution >= 4 is 5.91 Å². The molecule has 1 aromatic carbocycles. The molecule has 3 heterocycles. The maximum Gasteiger partial charge on any atom is 0.289 e. The van der Waals surface area contributed by atoms with Crippen LogP contribution in [-0.4, -0.2) is 40.3 Å². The zero-order valence-corrected chi connectivity index (χ0v) is 16.1. The van der Waals surface area contributed by atoms with Gasteiger partial charge in [-0.2, -0.15) is 5.10 Å². The van der Waals surface area contributed by atoms with Crippen molar-refractivity contribution in [3.8, 4) is 17.1 Å². The summed E-state index contributed by atoms with van der Waals surface area (Å²) in [5.41, 5.74) is 0.925. The molecule has 0 aliphatic carbocycles. The Balaban J connectivity index is 1.46. The Morgan fingerprint density at radius 1 is 1.21 bits per heavy atom. The normalized spacial score (nSPS) is 16.9. The van der Waals surface area contributed by atoms with Crippen molar-refractivity contribution in [2.24, 2.45) is 0 Å². The van der Waals surface area contributed by atoms with Crippen LogP contribution in [0.25, 0.3) is 11.3 Å². The number of furan rings is 1. The molecular weight excluding hydrogens is 354 g/mol. The molecule has 146 valence electrons. The number of aryl methyl sites for hydroxylation is 1. The second-order valence-electron chi connectivity index (χ2n) is 7.10. The molecule has 4 rings (SSSR count). The molecule has 28 heavy (non-hydrogen) atoms. The van der Waals surface area contributed by atoms with Crippen molar-refractivity contribution in [2.45, 2.75) is 38.3 Å². The van der Waals surface area contributed by atoms with Crippen LogP contribution in [0.2, 0.25) is 0 Å². The minimum absolute atomic E-state index is 0.0232. The number of likely N-dealkylation sites (tertiary alicyclic amines) is 1. The van der Waals surface area contributed by atoms with Crippen LogP contribution in [0.3, 0.4) is 0 Å². The zero-order chi connectivity index (χ0) is 19.3. The summed E-state index contributed by atoms with van der Waals surface area (Å²) in [6.07, 6.45) is 7.87. The number of ether oxygens (including phenoxy) is 1. The van der Waals surface area contributed by atoms with Crippen LogP contribution >= 0.6 is 0 Å². The summed E-state index contributed by atoms with van der Waals surface area (Å²) < 4.78 is 13.0. The van der Waals surface area contributed by atoms with Gasteiger partial charge in [-0.3, -0.25) is 9.48 Å². The van der Waals surface area contributed by atoms with Crippen molar-refractivity contribution in [1.29, 1.82) is 0 Å². The first-order valence-electron chi connectivity index (χ1n) is 9.77. The number of carbonyl (C=O) groups excluding carboxylic acids is 1. The second kappa shape index (κ2) is 8.33. The molecule has 0 N–H and O–H groups in total. The predicted octanol–water partition coefficient (Wildman–Crippen LogP) is 4.24. The molecule has 6 heteroatoms. The molecule has 6 nitrogen and oxygen atoms in total. The molecule has 3 aromatic rings. The van der Waals surface area contributed by atoms with E-state index in [0.29, 0.717) is 11.5 Å². The minimum atomic E-state index is -0.0232. The Morgan fingerprint density at radius 2 is 2.07 bits per heavy atom. The molecule has 2 aromatic heterocycles. The Morgan fingerprint density at radius 3 is 2.82 bits per heavy atom. The van der Waals surface area contributed by atoms with E-state index >= 15 is 0 Å². The molecular formula is C22H25N3O3. The highest BCUT2D eigenvalue weighted by molar-refractivity contribution is 5.92. The topological polar surface area (TPSA) is 60.5 Å². The zero-order valence-electron chi connectivity index (χ0n) is 16.1. The molecule has 0 saturated carbocycles. The maximum absolute atomic E-state index is 13.1. The van der Waals surface area contributed by atoms with E-state index in [-0.39, 0.29) is 11.9 Å². The fourth-order valence-corrected chi connectivity index (χ4v) is 3.79. The fraction of sp³-hybridized carbons (Fsp3) is 0.364. The number of amides is 1. The van der Waals surface area contributed by atoms with E-state index in [9.17, 15) is 4.79 Å². The lowest BCUT2D eigenvalue weighted by atomic mass is 9.99. The highest BCUT2D eigenvalue weighted by Gasteiger charge is 2.29. The van der Waals surface area contributed by atoms with Gasteiger partial charge in [0.15, 0.2) is 5.76 Å². The highest BCUT2D eigenvalue weighted by atomic mass is 16.5. The molecule has 0 bridgehead atoms. The van der Waals surface area contributed by atoms with Crippen molar-refractivity contribution in [1.82, 2.24) is 14.7 Å². The van der Waals surface area contributed by atoms with Gasteiger partial charge in [0, 0.05) is 37.1 Å². The molecule has 1 fully saturated rings. The van der Waals surface area contributed by atoms with E-state index in [1.165, 1.54) is 0 Å². The van der Waals surface area contributed by atoms with Gasteiger partial charge in [0.1, 0.15) is 11.5 Å². The van der Waals surface area contributed by atoms with Crippen molar-refractivity contribution < 1.29 is 13.9 Å². The van der Waals surface area contributed by atoms with Crippen LogP contribution in [0.5, 0.6) is 5.75 Å². The van der Waals surface area contributed by atoms with Gasteiger partial charge in [0.2, 0.25) is 0 Å². The average Bonchev–Trinajstić information content (AvgIpc) is 3.44. The van der Waals surface area contributed by atoms with Crippen molar-refractivity contribution in [2.75, 3.05) is 13.7 Å². The molecule has 1 aliphatic rings. The summed E-state index contributed by atoms with van der Waals surface area (Å²) in [5, 5.41) is 4.26. The molecule has 0 radical (unpaired) electrons. The molecule has 1 unspecified atom stereocenters. The SMILES string of the molecule is COc1ccc(-c2ccc(C(=O)N3CCCCC3CCn3cccn3)o2)cc1. The van der Waals surface area contributed by atoms with Crippen LogP contribution in [0.15, 0.2) is 59.3 Å². The minimum Gasteiger partial charge on any atom is -0.497 e. The first kappa shape index (κ1) is 18.3. The standard InChI is InChI=1S/C22H25N3O3/c1-27-19-8-6-17(7-9-19)20-10-11-21(28-20)22(26)25-15-3-2-5-18(25)12-16-24-14-4-13-23-24/h4,6-11,13-14,18H,2-3,5,12,15-16H2,1H3. The number of rotatable bonds is 6. The highest BCUT2D eigenvalue weighted by Crippen LogP contribution is 2.27. The van der Waals surface area contributed by atoms with Gasteiger partial charge in [0.05, 0.1) is 7.11 Å². The van der Waals surface area contributed by atoms with Gasteiger partial charge >= 0.3 is 0 Å². The average molecular weight is 379 g/mol. The van der Waals surface area contributed by atoms with Gasteiger partial charge in [-0.05, 0) is 68.1 Å². The summed E-state index contributed by atoms with van der Waals surface area (Å²) in [6.45, 7) is 1.60. The number of carbonyl (C=O) groups is 1. The quantitative estimate of drug-likeness (QED) is 0.643. The second-order valence-corrected chi connectivity index (χ2v) is 7.10. The number of hydrogen-bond acceptors (Lipinski definition) is 4. The number of aromatic nitrogens is 2. The molecule has 1 amide bonds. The summed E-state index contributed by atoms with van der Waals surface area (Å²) in [4.78, 5) is 15.1. The third-order valence-corrected chi connectivity index (χ3v) is 5.33. The Kier molecular flexibility index (Phi) is 5.46. The van der Waals surface area contributed by atoms with Gasteiger partial charge in [-0.15, -0.1) is 0 Å². The Labute approximate surface area is 164 Å². The third-order valence-electron chi connectivity index (χ3n) is 5.33. The van der Waals surface area contributed by atoms with E-state index < -0.39 is 0 Å². The van der Waals surface area contributed by atoms with E-state index in [1.807, 2.05) is 52.2 Å². The van der Waals surface area contributed by atoms with Crippen LogP contribution in [0, 0.1) is 0 Å². The number of nitrogens with zero attached hydrogens (tertiary/aromatic N) is 3. The summed E-state index contributed by atoms with van der Waals surface area (Å²) in [5.74, 6) is 1.86. The van der Waals surface area contributed by atoms with Crippen LogP contribution < -0.4 is 4.74 Å². The number of methoxy groups -OCH3 is 1. The number of hydrogen-bond donors (Lipinski definition) is 0. The lowest BCUT2D eigenvalue weighted by Gasteiger charge is -2.35. The largest absolute Gasteiger partial charge is 0.497 e. The van der Waals surface area contributed by atoms with Crippen LogP contribution in [0.1, 0.15) is 36.2 Å². The third kappa shape index (κ3) is 3.96. The van der Waals surface area contributed by atoms with Gasteiger partial charge in [-0.25, -0.2) is 0 Å². The predicted molar refractivity (Wildman–Crippen MR) is 106 cm³/mol. The van der Waals surface area contributed by atoms with Crippen molar-refractivity contribution in [3.05, 3.63) is 60.6 Å². The summed E-state index contributed by atoms with van der Waals surface area (Å²) in [7, 11) is 1.64. The van der Waals surface area contributed by atoms with E-state index in [1.54, 1.807) is 19.4 Å². The lowest BCUT2D eigenvalue weighted by Crippen LogP contribution is -2.44. The van der Waals surface area contributed by atoms with Crippen LogP contribution in [-0.2, 0) is 6.54 Å². The molecule has 1 aliphatic heterocycles. The van der Waals surface area contributed by atoms with Crippen LogP contribution in [0.4, 0.5) is 0 Å². The first-order chi connectivity index (χ1) is 13.7. The maximum atomic E-state index is 13.1. The Hall–Kier alpha value is -3.02. The lowest BCUT2D eigenvalue weighted by molar-refractivity contribution is 0.0562. The first-order valence-corrected chi connectivity index (χ1v) is 9.77. The van der Waals surface area contributed by atoms with Gasteiger partial charge < -0.3 is 14.1 Å². The molecule has 1 atom stereocenters. The van der Waals surface area contributed by atoms with E-state index in [2.05, 4.69) is 5.10 Å². The van der Waals surface area contributed by atoms with E-state index in [0.717, 1.165) is 50.1 Å². The number of piperidine rings is 1. The van der Waals surface area contributed by atoms with Gasteiger partial charge in [-0.1, -0.05) is 0 Å². The fourth-order valence-electron chi connectivity index (χ4n) is 3.79. The Bertz CT molecular complexity index is 900. The molecule has 0 spiro atoms. The summed E-state index contributed by atoms with van der Waals surface area (Å²) >= 11 is 0. The monoisotopic (exact) mass is 379 g/mol. The van der Waals surface area contributed by atoms with Gasteiger partial charge in [0.25, 0.3) is 5.91 Å². The number of benzene rings is 1. The summed E-state index contributed by atoms with van der Waals surface area (Å²) in [6, 6.07) is 13.4. The van der Waals surface area contributed by atoms with Crippen molar-refractivity contribution in [3.63, 3.8) is 0 Å². The van der Waals surface area contributed by atoms with E-state index in [4.69, 9.17) is 9.15 Å².